The molecular weight excluding hydrogens is 228 g/mol. The van der Waals surface area contributed by atoms with E-state index in [-0.39, 0.29) is 11.7 Å². The van der Waals surface area contributed by atoms with Crippen molar-refractivity contribution in [2.45, 2.75) is 6.42 Å². The van der Waals surface area contributed by atoms with Gasteiger partial charge in [0.15, 0.2) is 0 Å². The smallest absolute Gasteiger partial charge is 0.338 e. The topological polar surface area (TPSA) is 46.5 Å². The highest BCUT2D eigenvalue weighted by Gasteiger charge is 2.05. The average molecular weight is 242 g/mol. The summed E-state index contributed by atoms with van der Waals surface area (Å²) in [4.78, 5) is 11.6. The molecule has 3 heteroatoms. The standard InChI is InChI=1S/C15H14O3/c16-14-8-6-12(7-9-14)10-11-18-15(17)13-4-2-1-3-5-13/h1-9,16H,10-11H2. The summed E-state index contributed by atoms with van der Waals surface area (Å²) in [5.41, 5.74) is 1.58. The predicted octanol–water partition coefficient (Wildman–Crippen LogP) is 2.79. The largest absolute Gasteiger partial charge is 0.508 e. The van der Waals surface area contributed by atoms with Crippen LogP contribution in [0.1, 0.15) is 15.9 Å². The van der Waals surface area contributed by atoms with E-state index in [0.717, 1.165) is 5.56 Å². The van der Waals surface area contributed by atoms with Crippen LogP contribution in [-0.4, -0.2) is 17.7 Å². The van der Waals surface area contributed by atoms with Crippen molar-refractivity contribution in [2.24, 2.45) is 0 Å². The molecule has 2 aromatic rings. The van der Waals surface area contributed by atoms with Gasteiger partial charge in [-0.3, -0.25) is 0 Å². The minimum absolute atomic E-state index is 0.236. The monoisotopic (exact) mass is 242 g/mol. The number of carbonyl (C=O) groups excluding carboxylic acids is 1. The molecule has 3 nitrogen and oxygen atoms in total. The van der Waals surface area contributed by atoms with Crippen molar-refractivity contribution < 1.29 is 14.6 Å². The summed E-state index contributed by atoms with van der Waals surface area (Å²) in [5.74, 6) is -0.0746. The lowest BCUT2D eigenvalue weighted by molar-refractivity contribution is 0.0509. The number of hydrogen-bond acceptors (Lipinski definition) is 3. The first-order valence-corrected chi connectivity index (χ1v) is 5.76. The Morgan fingerprint density at radius 1 is 1.00 bits per heavy atom. The van der Waals surface area contributed by atoms with Gasteiger partial charge in [-0.15, -0.1) is 0 Å². The van der Waals surface area contributed by atoms with Gasteiger partial charge in [0.25, 0.3) is 0 Å². The molecule has 92 valence electrons. The Morgan fingerprint density at radius 3 is 2.33 bits per heavy atom. The number of carbonyl (C=O) groups is 1. The van der Waals surface area contributed by atoms with Gasteiger partial charge in [-0.1, -0.05) is 30.3 Å². The van der Waals surface area contributed by atoms with Crippen LogP contribution in [0, 0.1) is 0 Å². The molecule has 0 aliphatic heterocycles. The summed E-state index contributed by atoms with van der Waals surface area (Å²) in [7, 11) is 0. The molecule has 0 bridgehead atoms. The molecule has 0 fully saturated rings. The van der Waals surface area contributed by atoms with Gasteiger partial charge in [-0.2, -0.15) is 0 Å². The Hall–Kier alpha value is -2.29. The van der Waals surface area contributed by atoms with E-state index in [1.165, 1.54) is 0 Å². The fraction of sp³-hybridized carbons (Fsp3) is 0.133. The Morgan fingerprint density at radius 2 is 1.67 bits per heavy atom. The zero-order valence-corrected chi connectivity index (χ0v) is 9.87. The summed E-state index contributed by atoms with van der Waals surface area (Å²) in [5, 5.41) is 9.13. The number of benzene rings is 2. The highest BCUT2D eigenvalue weighted by molar-refractivity contribution is 5.89. The lowest BCUT2D eigenvalue weighted by Gasteiger charge is -2.05. The molecule has 2 aromatic carbocycles. The molecule has 0 atom stereocenters. The van der Waals surface area contributed by atoms with Crippen molar-refractivity contribution in [2.75, 3.05) is 6.61 Å². The third-order valence-electron chi connectivity index (χ3n) is 2.57. The van der Waals surface area contributed by atoms with Crippen molar-refractivity contribution in [1.82, 2.24) is 0 Å². The Balaban J connectivity index is 1.82. The maximum absolute atomic E-state index is 11.6. The van der Waals surface area contributed by atoms with Crippen molar-refractivity contribution >= 4 is 5.97 Å². The van der Waals surface area contributed by atoms with Crippen molar-refractivity contribution in [1.29, 1.82) is 0 Å². The second-order valence-electron chi connectivity index (χ2n) is 3.92. The molecule has 1 N–H and O–H groups in total. The first kappa shape index (κ1) is 12.2. The summed E-state index contributed by atoms with van der Waals surface area (Å²) in [6.45, 7) is 0.332. The maximum Gasteiger partial charge on any atom is 0.338 e. The van der Waals surface area contributed by atoms with E-state index in [1.54, 1.807) is 36.4 Å². The van der Waals surface area contributed by atoms with E-state index in [1.807, 2.05) is 18.2 Å². The highest BCUT2D eigenvalue weighted by Crippen LogP contribution is 2.10. The summed E-state index contributed by atoms with van der Waals surface area (Å²) in [6, 6.07) is 15.8. The number of ether oxygens (including phenoxy) is 1. The minimum atomic E-state index is -0.311. The molecule has 0 radical (unpaired) electrons. The van der Waals surface area contributed by atoms with Crippen LogP contribution in [0.15, 0.2) is 54.6 Å². The number of rotatable bonds is 4. The molecule has 0 spiro atoms. The molecular formula is C15H14O3. The molecule has 18 heavy (non-hydrogen) atoms. The number of aromatic hydroxyl groups is 1. The fourth-order valence-corrected chi connectivity index (χ4v) is 1.58. The fourth-order valence-electron chi connectivity index (χ4n) is 1.58. The Kier molecular flexibility index (Phi) is 3.97. The van der Waals surface area contributed by atoms with E-state index in [9.17, 15) is 4.79 Å². The van der Waals surface area contributed by atoms with E-state index >= 15 is 0 Å². The van der Waals surface area contributed by atoms with Crippen LogP contribution in [0.2, 0.25) is 0 Å². The van der Waals surface area contributed by atoms with Crippen LogP contribution < -0.4 is 0 Å². The van der Waals surface area contributed by atoms with Gasteiger partial charge in [0.05, 0.1) is 12.2 Å². The molecule has 2 rings (SSSR count). The molecule has 0 aliphatic rings. The van der Waals surface area contributed by atoms with Gasteiger partial charge in [-0.25, -0.2) is 4.79 Å². The molecule has 0 aromatic heterocycles. The summed E-state index contributed by atoms with van der Waals surface area (Å²) < 4.78 is 5.16. The van der Waals surface area contributed by atoms with Crippen molar-refractivity contribution in [3.8, 4) is 5.75 Å². The van der Waals surface area contributed by atoms with Gasteiger partial charge >= 0.3 is 5.97 Å². The van der Waals surface area contributed by atoms with Gasteiger partial charge < -0.3 is 9.84 Å². The molecule has 0 saturated heterocycles. The van der Waals surface area contributed by atoms with E-state index in [2.05, 4.69) is 0 Å². The summed E-state index contributed by atoms with van der Waals surface area (Å²) >= 11 is 0. The SMILES string of the molecule is O=C(OCCc1ccc(O)cc1)c1ccccc1. The van der Waals surface area contributed by atoms with Gasteiger partial charge in [-0.05, 0) is 29.8 Å². The predicted molar refractivity (Wildman–Crippen MR) is 68.5 cm³/mol. The van der Waals surface area contributed by atoms with Crippen molar-refractivity contribution in [3.63, 3.8) is 0 Å². The minimum Gasteiger partial charge on any atom is -0.508 e. The molecule has 0 amide bonds. The van der Waals surface area contributed by atoms with Crippen LogP contribution in [0.25, 0.3) is 0 Å². The molecule has 0 heterocycles. The third-order valence-corrected chi connectivity index (χ3v) is 2.57. The number of phenols is 1. The second kappa shape index (κ2) is 5.87. The number of hydrogen-bond donors (Lipinski definition) is 1. The van der Waals surface area contributed by atoms with Crippen LogP contribution in [0.3, 0.4) is 0 Å². The van der Waals surface area contributed by atoms with Gasteiger partial charge in [0.2, 0.25) is 0 Å². The van der Waals surface area contributed by atoms with Crippen molar-refractivity contribution in [3.05, 3.63) is 65.7 Å². The summed E-state index contributed by atoms with van der Waals surface area (Å²) in [6.07, 6.45) is 0.638. The second-order valence-corrected chi connectivity index (χ2v) is 3.92. The lowest BCUT2D eigenvalue weighted by Crippen LogP contribution is -2.07. The quantitative estimate of drug-likeness (QED) is 0.838. The van der Waals surface area contributed by atoms with Gasteiger partial charge in [0.1, 0.15) is 5.75 Å². The molecule has 0 unspecified atom stereocenters. The van der Waals surface area contributed by atoms with Crippen LogP contribution in [0.5, 0.6) is 5.75 Å². The zero-order valence-electron chi connectivity index (χ0n) is 9.87. The Bertz CT molecular complexity index is 503. The average Bonchev–Trinajstić information content (AvgIpc) is 2.42. The molecule has 0 aliphatic carbocycles. The normalized spacial score (nSPS) is 10.0. The Labute approximate surface area is 106 Å². The van der Waals surface area contributed by atoms with Crippen LogP contribution in [-0.2, 0) is 11.2 Å². The van der Waals surface area contributed by atoms with E-state index in [4.69, 9.17) is 9.84 Å². The van der Waals surface area contributed by atoms with E-state index < -0.39 is 0 Å². The number of esters is 1. The first-order valence-electron chi connectivity index (χ1n) is 5.76. The van der Waals surface area contributed by atoms with Crippen LogP contribution >= 0.6 is 0 Å². The van der Waals surface area contributed by atoms with E-state index in [0.29, 0.717) is 18.6 Å². The third kappa shape index (κ3) is 3.35. The molecule has 0 saturated carbocycles. The van der Waals surface area contributed by atoms with Crippen LogP contribution in [0.4, 0.5) is 0 Å². The first-order chi connectivity index (χ1) is 8.75. The highest BCUT2D eigenvalue weighted by atomic mass is 16.5. The number of phenolic OH excluding ortho intramolecular Hbond substituents is 1. The van der Waals surface area contributed by atoms with Gasteiger partial charge in [0, 0.05) is 6.42 Å². The maximum atomic E-state index is 11.6. The zero-order chi connectivity index (χ0) is 12.8. The lowest BCUT2D eigenvalue weighted by atomic mass is 10.1.